The molecule has 116 valence electrons. The van der Waals surface area contributed by atoms with Gasteiger partial charge in [0.1, 0.15) is 0 Å². The molecule has 0 unspecified atom stereocenters. The average molecular weight is 316 g/mol. The number of amides is 1. The lowest BCUT2D eigenvalue weighted by Crippen LogP contribution is -2.49. The number of aromatic nitrogens is 3. The van der Waals surface area contributed by atoms with Crippen molar-refractivity contribution in [3.05, 3.63) is 5.28 Å². The summed E-state index contributed by atoms with van der Waals surface area (Å²) in [6.45, 7) is 6.76. The molecule has 9 heteroatoms. The second-order valence-corrected chi connectivity index (χ2v) is 4.63. The summed E-state index contributed by atoms with van der Waals surface area (Å²) in [6.07, 6.45) is -0.291. The predicted octanol–water partition coefficient (Wildman–Crippen LogP) is 1.20. The average Bonchev–Trinajstić information content (AvgIpc) is 2.47. The first-order chi connectivity index (χ1) is 10.1. The zero-order chi connectivity index (χ0) is 15.2. The number of anilines is 1. The SMILES string of the molecule is CCOC(=O)N1CCN(c2nc(Cl)nc(OCC)n2)CC1. The van der Waals surface area contributed by atoms with Crippen LogP contribution in [0.3, 0.4) is 0 Å². The van der Waals surface area contributed by atoms with E-state index in [-0.39, 0.29) is 17.4 Å². The largest absolute Gasteiger partial charge is 0.464 e. The molecule has 1 aliphatic heterocycles. The summed E-state index contributed by atoms with van der Waals surface area (Å²) in [5.41, 5.74) is 0. The van der Waals surface area contributed by atoms with Crippen LogP contribution in [0.5, 0.6) is 6.01 Å². The van der Waals surface area contributed by atoms with Gasteiger partial charge in [-0.1, -0.05) is 0 Å². The number of piperazine rings is 1. The summed E-state index contributed by atoms with van der Waals surface area (Å²) in [6, 6.07) is 0.209. The maximum atomic E-state index is 11.6. The maximum Gasteiger partial charge on any atom is 0.409 e. The summed E-state index contributed by atoms with van der Waals surface area (Å²) < 4.78 is 10.2. The van der Waals surface area contributed by atoms with Crippen LogP contribution in [0.15, 0.2) is 0 Å². The molecule has 0 spiro atoms. The van der Waals surface area contributed by atoms with E-state index in [0.29, 0.717) is 45.3 Å². The van der Waals surface area contributed by atoms with Gasteiger partial charge in [-0.15, -0.1) is 0 Å². The zero-order valence-electron chi connectivity index (χ0n) is 12.1. The van der Waals surface area contributed by atoms with E-state index < -0.39 is 0 Å². The topological polar surface area (TPSA) is 80.7 Å². The Labute approximate surface area is 128 Å². The quantitative estimate of drug-likeness (QED) is 0.825. The van der Waals surface area contributed by atoms with E-state index in [9.17, 15) is 4.79 Å². The molecular formula is C12H18ClN5O3. The Hall–Kier alpha value is -1.83. The molecule has 2 heterocycles. The van der Waals surface area contributed by atoms with E-state index in [1.54, 1.807) is 11.8 Å². The molecule has 1 aromatic heterocycles. The molecule has 1 saturated heterocycles. The molecule has 0 saturated carbocycles. The second kappa shape index (κ2) is 7.26. The highest BCUT2D eigenvalue weighted by atomic mass is 35.5. The minimum absolute atomic E-state index is 0.0938. The van der Waals surface area contributed by atoms with Crippen LogP contribution in [0, 0.1) is 0 Å². The third-order valence-electron chi connectivity index (χ3n) is 2.94. The molecule has 0 radical (unpaired) electrons. The van der Waals surface area contributed by atoms with E-state index in [0.717, 1.165) is 0 Å². The van der Waals surface area contributed by atoms with Gasteiger partial charge in [-0.25, -0.2) is 4.79 Å². The molecule has 0 bridgehead atoms. The Bertz CT molecular complexity index is 494. The first-order valence-corrected chi connectivity index (χ1v) is 7.22. The molecule has 0 aromatic carbocycles. The van der Waals surface area contributed by atoms with Gasteiger partial charge in [-0.05, 0) is 25.4 Å². The highest BCUT2D eigenvalue weighted by molar-refractivity contribution is 6.28. The first kappa shape index (κ1) is 15.6. The monoisotopic (exact) mass is 315 g/mol. The molecule has 21 heavy (non-hydrogen) atoms. The predicted molar refractivity (Wildman–Crippen MR) is 76.8 cm³/mol. The first-order valence-electron chi connectivity index (χ1n) is 6.85. The number of rotatable bonds is 4. The van der Waals surface area contributed by atoms with E-state index >= 15 is 0 Å². The van der Waals surface area contributed by atoms with Crippen LogP contribution >= 0.6 is 11.6 Å². The molecule has 1 amide bonds. The standard InChI is InChI=1S/C12H18ClN5O3/c1-3-20-11-15-9(13)14-10(16-11)17-5-7-18(8-6-17)12(19)21-4-2/h3-8H2,1-2H3. The maximum absolute atomic E-state index is 11.6. The highest BCUT2D eigenvalue weighted by Crippen LogP contribution is 2.17. The van der Waals surface area contributed by atoms with Crippen molar-refractivity contribution in [2.75, 3.05) is 44.3 Å². The van der Waals surface area contributed by atoms with Gasteiger partial charge in [0.2, 0.25) is 11.2 Å². The lowest BCUT2D eigenvalue weighted by molar-refractivity contribution is 0.105. The van der Waals surface area contributed by atoms with Gasteiger partial charge >= 0.3 is 12.1 Å². The Morgan fingerprint density at radius 2 is 1.86 bits per heavy atom. The Morgan fingerprint density at radius 1 is 1.14 bits per heavy atom. The lowest BCUT2D eigenvalue weighted by Gasteiger charge is -2.33. The number of carbonyl (C=O) groups excluding carboxylic acids is 1. The lowest BCUT2D eigenvalue weighted by atomic mass is 10.3. The molecule has 1 aliphatic rings. The van der Waals surface area contributed by atoms with Gasteiger partial charge in [0, 0.05) is 26.2 Å². The minimum Gasteiger partial charge on any atom is -0.464 e. The van der Waals surface area contributed by atoms with Crippen molar-refractivity contribution in [1.29, 1.82) is 0 Å². The second-order valence-electron chi connectivity index (χ2n) is 4.29. The molecular weight excluding hydrogens is 298 g/mol. The van der Waals surface area contributed by atoms with Crippen LogP contribution < -0.4 is 9.64 Å². The van der Waals surface area contributed by atoms with Crippen LogP contribution in [0.1, 0.15) is 13.8 Å². The Kier molecular flexibility index (Phi) is 5.38. The molecule has 1 fully saturated rings. The van der Waals surface area contributed by atoms with Crippen LogP contribution in [0.2, 0.25) is 5.28 Å². The smallest absolute Gasteiger partial charge is 0.409 e. The van der Waals surface area contributed by atoms with Gasteiger partial charge in [0.25, 0.3) is 0 Å². The van der Waals surface area contributed by atoms with E-state index in [1.165, 1.54) is 0 Å². The number of halogens is 1. The molecule has 1 aromatic rings. The summed E-state index contributed by atoms with van der Waals surface area (Å²) in [5, 5.41) is 0.0938. The molecule has 0 atom stereocenters. The molecule has 2 rings (SSSR count). The van der Waals surface area contributed by atoms with Crippen molar-refractivity contribution in [2.45, 2.75) is 13.8 Å². The summed E-state index contributed by atoms with van der Waals surface area (Å²) in [7, 11) is 0. The number of nitrogens with zero attached hydrogens (tertiary/aromatic N) is 5. The fraction of sp³-hybridized carbons (Fsp3) is 0.667. The van der Waals surface area contributed by atoms with E-state index in [4.69, 9.17) is 21.1 Å². The fourth-order valence-corrected chi connectivity index (χ4v) is 2.11. The van der Waals surface area contributed by atoms with Crippen molar-refractivity contribution >= 4 is 23.6 Å². The number of hydrogen-bond donors (Lipinski definition) is 0. The fourth-order valence-electron chi connectivity index (χ4n) is 1.96. The van der Waals surface area contributed by atoms with Crippen molar-refractivity contribution in [3.63, 3.8) is 0 Å². The molecule has 8 nitrogen and oxygen atoms in total. The van der Waals surface area contributed by atoms with Crippen molar-refractivity contribution in [2.24, 2.45) is 0 Å². The summed E-state index contributed by atoms with van der Waals surface area (Å²) >= 11 is 5.87. The normalized spacial score (nSPS) is 15.0. The van der Waals surface area contributed by atoms with Gasteiger partial charge in [0.05, 0.1) is 13.2 Å². The van der Waals surface area contributed by atoms with Crippen LogP contribution in [-0.4, -0.2) is 65.3 Å². The van der Waals surface area contributed by atoms with Gasteiger partial charge in [0.15, 0.2) is 0 Å². The minimum atomic E-state index is -0.291. The van der Waals surface area contributed by atoms with Gasteiger partial charge < -0.3 is 19.3 Å². The third-order valence-corrected chi connectivity index (χ3v) is 3.11. The van der Waals surface area contributed by atoms with Crippen molar-refractivity contribution < 1.29 is 14.3 Å². The van der Waals surface area contributed by atoms with Crippen LogP contribution in [-0.2, 0) is 4.74 Å². The third kappa shape index (κ3) is 4.07. The molecule has 0 aliphatic carbocycles. The Morgan fingerprint density at radius 3 is 2.48 bits per heavy atom. The highest BCUT2D eigenvalue weighted by Gasteiger charge is 2.24. The van der Waals surface area contributed by atoms with E-state index in [2.05, 4.69) is 15.0 Å². The number of ether oxygens (including phenoxy) is 2. The summed E-state index contributed by atoms with van der Waals surface area (Å²) in [4.78, 5) is 27.4. The van der Waals surface area contributed by atoms with Crippen molar-refractivity contribution in [1.82, 2.24) is 19.9 Å². The van der Waals surface area contributed by atoms with Crippen LogP contribution in [0.25, 0.3) is 0 Å². The van der Waals surface area contributed by atoms with Crippen molar-refractivity contribution in [3.8, 4) is 6.01 Å². The zero-order valence-corrected chi connectivity index (χ0v) is 12.8. The van der Waals surface area contributed by atoms with Gasteiger partial charge in [-0.3, -0.25) is 0 Å². The van der Waals surface area contributed by atoms with E-state index in [1.807, 2.05) is 11.8 Å². The number of hydrogen-bond acceptors (Lipinski definition) is 7. The number of carbonyl (C=O) groups is 1. The Balaban J connectivity index is 2.00. The van der Waals surface area contributed by atoms with Gasteiger partial charge in [-0.2, -0.15) is 15.0 Å². The van der Waals surface area contributed by atoms with Crippen LogP contribution in [0.4, 0.5) is 10.7 Å². The molecule has 0 N–H and O–H groups in total. The summed E-state index contributed by atoms with van der Waals surface area (Å²) in [5.74, 6) is 0.460.